The Balaban J connectivity index is 1.60. The van der Waals surface area contributed by atoms with Crippen LogP contribution in [-0.2, 0) is 10.3 Å². The van der Waals surface area contributed by atoms with Gasteiger partial charge in [0.25, 0.3) is 5.91 Å². The molecule has 1 aliphatic rings. The van der Waals surface area contributed by atoms with E-state index in [-0.39, 0.29) is 11.8 Å². The van der Waals surface area contributed by atoms with Crippen LogP contribution in [0.5, 0.6) is 0 Å². The number of nitrogens with zero attached hydrogens (tertiary/aromatic N) is 3. The highest BCUT2D eigenvalue weighted by atomic mass is 16.5. The Hall–Kier alpha value is -3.60. The fraction of sp³-hybridized carbons (Fsp3) is 0.333. The van der Waals surface area contributed by atoms with Crippen LogP contribution in [0.25, 0.3) is 11.1 Å². The molecule has 0 radical (unpaired) electrons. The summed E-state index contributed by atoms with van der Waals surface area (Å²) in [5, 5.41) is 22.9. The second kappa shape index (κ2) is 9.72. The van der Waals surface area contributed by atoms with E-state index in [1.807, 2.05) is 31.2 Å². The first kappa shape index (κ1) is 23.6. The number of carbonyl (C=O) groups excluding carboxylic acids is 1. The van der Waals surface area contributed by atoms with Gasteiger partial charge in [0.2, 0.25) is 0 Å². The van der Waals surface area contributed by atoms with E-state index in [1.165, 1.54) is 6.20 Å². The van der Waals surface area contributed by atoms with Crippen molar-refractivity contribution in [1.82, 2.24) is 9.97 Å². The smallest absolute Gasteiger partial charge is 0.255 e. The van der Waals surface area contributed by atoms with Gasteiger partial charge in [-0.3, -0.25) is 14.8 Å². The van der Waals surface area contributed by atoms with Crippen molar-refractivity contribution < 1.29 is 14.6 Å². The lowest BCUT2D eigenvalue weighted by atomic mass is 9.91. The topological polar surface area (TPSA) is 108 Å². The normalized spacial score (nSPS) is 14.4. The standard InChI is InChI=1S/C27H28N4O3/c1-17-4-5-22(31-26(32)19-6-9-29-24(13-19)27(2,3)33)14-23(17)21-12-20(15-28)25(30-16-21)18-7-10-34-11-8-18/h4-6,9,12-14,16,18,33H,7-8,10-11H2,1-3H3,(H,31,32). The summed E-state index contributed by atoms with van der Waals surface area (Å²) in [5.41, 5.74) is 4.45. The van der Waals surface area contributed by atoms with Gasteiger partial charge < -0.3 is 15.2 Å². The number of ether oxygens (including phenoxy) is 1. The van der Waals surface area contributed by atoms with Crippen LogP contribution in [0.15, 0.2) is 48.8 Å². The number of pyridine rings is 2. The first-order valence-corrected chi connectivity index (χ1v) is 11.4. The van der Waals surface area contributed by atoms with Gasteiger partial charge in [-0.2, -0.15) is 5.26 Å². The monoisotopic (exact) mass is 456 g/mol. The summed E-state index contributed by atoms with van der Waals surface area (Å²) in [6, 6.07) is 13.0. The van der Waals surface area contributed by atoms with Gasteiger partial charge in [-0.1, -0.05) is 6.07 Å². The van der Waals surface area contributed by atoms with Crippen LogP contribution in [0, 0.1) is 18.3 Å². The van der Waals surface area contributed by atoms with Gasteiger partial charge >= 0.3 is 0 Å². The molecule has 0 atom stereocenters. The van der Waals surface area contributed by atoms with Gasteiger partial charge in [-0.15, -0.1) is 0 Å². The molecule has 2 aromatic heterocycles. The van der Waals surface area contributed by atoms with Crippen molar-refractivity contribution in [1.29, 1.82) is 5.26 Å². The van der Waals surface area contributed by atoms with Crippen LogP contribution >= 0.6 is 0 Å². The van der Waals surface area contributed by atoms with Gasteiger partial charge in [0, 0.05) is 48.3 Å². The molecule has 0 aliphatic carbocycles. The summed E-state index contributed by atoms with van der Waals surface area (Å²) in [5.74, 6) is -0.0632. The number of amides is 1. The summed E-state index contributed by atoms with van der Waals surface area (Å²) in [4.78, 5) is 21.7. The predicted molar refractivity (Wildman–Crippen MR) is 129 cm³/mol. The molecule has 1 aliphatic heterocycles. The first-order chi connectivity index (χ1) is 16.3. The lowest BCUT2D eigenvalue weighted by Crippen LogP contribution is -2.19. The molecule has 0 unspecified atom stereocenters. The van der Waals surface area contributed by atoms with E-state index in [4.69, 9.17) is 4.74 Å². The van der Waals surface area contributed by atoms with Crippen molar-refractivity contribution in [2.75, 3.05) is 18.5 Å². The molecule has 0 spiro atoms. The quantitative estimate of drug-likeness (QED) is 0.576. The highest BCUT2D eigenvalue weighted by Crippen LogP contribution is 2.32. The van der Waals surface area contributed by atoms with E-state index >= 15 is 0 Å². The van der Waals surface area contributed by atoms with E-state index in [9.17, 15) is 15.2 Å². The van der Waals surface area contributed by atoms with Crippen molar-refractivity contribution in [3.8, 4) is 17.2 Å². The van der Waals surface area contributed by atoms with Gasteiger partial charge in [0.1, 0.15) is 11.7 Å². The lowest BCUT2D eigenvalue weighted by molar-refractivity contribution is 0.0737. The van der Waals surface area contributed by atoms with Gasteiger partial charge in [0.15, 0.2) is 0 Å². The number of nitrogens with one attached hydrogen (secondary N) is 1. The van der Waals surface area contributed by atoms with E-state index in [2.05, 4.69) is 21.4 Å². The van der Waals surface area contributed by atoms with Gasteiger partial charge in [-0.25, -0.2) is 0 Å². The minimum Gasteiger partial charge on any atom is -0.384 e. The van der Waals surface area contributed by atoms with Gasteiger partial charge in [-0.05, 0) is 75.1 Å². The zero-order valence-corrected chi connectivity index (χ0v) is 19.6. The second-order valence-electron chi connectivity index (χ2n) is 9.13. The predicted octanol–water partition coefficient (Wildman–Crippen LogP) is 4.70. The SMILES string of the molecule is Cc1ccc(NC(=O)c2ccnc(C(C)(C)O)c2)cc1-c1cnc(C2CCOCC2)c(C#N)c1. The maximum atomic E-state index is 12.9. The number of hydrogen-bond donors (Lipinski definition) is 2. The number of carbonyl (C=O) groups is 1. The Kier molecular flexibility index (Phi) is 6.73. The van der Waals surface area contributed by atoms with E-state index in [1.54, 1.807) is 32.2 Å². The lowest BCUT2D eigenvalue weighted by Gasteiger charge is -2.22. The number of rotatable bonds is 5. The van der Waals surface area contributed by atoms with Crippen molar-refractivity contribution in [3.63, 3.8) is 0 Å². The molecule has 3 aromatic rings. The number of nitriles is 1. The molecular formula is C27H28N4O3. The molecule has 1 aromatic carbocycles. The van der Waals surface area contributed by atoms with Crippen LogP contribution in [0.4, 0.5) is 5.69 Å². The summed E-state index contributed by atoms with van der Waals surface area (Å²) in [7, 11) is 0. The van der Waals surface area contributed by atoms with E-state index in [0.29, 0.717) is 35.7 Å². The van der Waals surface area contributed by atoms with E-state index < -0.39 is 5.60 Å². The molecule has 7 heteroatoms. The molecule has 4 rings (SSSR count). The van der Waals surface area contributed by atoms with Crippen molar-refractivity contribution in [2.24, 2.45) is 0 Å². The Morgan fingerprint density at radius 2 is 1.94 bits per heavy atom. The van der Waals surface area contributed by atoms with Crippen LogP contribution < -0.4 is 5.32 Å². The average Bonchev–Trinajstić information content (AvgIpc) is 2.85. The largest absolute Gasteiger partial charge is 0.384 e. The fourth-order valence-corrected chi connectivity index (χ4v) is 4.13. The molecule has 2 N–H and O–H groups in total. The summed E-state index contributed by atoms with van der Waals surface area (Å²) >= 11 is 0. The molecule has 1 saturated heterocycles. The molecule has 0 bridgehead atoms. The highest BCUT2D eigenvalue weighted by molar-refractivity contribution is 6.04. The minimum atomic E-state index is -1.14. The number of benzene rings is 1. The number of anilines is 1. The molecule has 7 nitrogen and oxygen atoms in total. The molecule has 0 saturated carbocycles. The maximum Gasteiger partial charge on any atom is 0.255 e. The molecule has 1 fully saturated rings. The first-order valence-electron chi connectivity index (χ1n) is 11.4. The Bertz CT molecular complexity index is 1250. The van der Waals surface area contributed by atoms with Crippen molar-refractivity contribution in [2.45, 2.75) is 45.1 Å². The fourth-order valence-electron chi connectivity index (χ4n) is 4.13. The third-order valence-electron chi connectivity index (χ3n) is 6.10. The van der Waals surface area contributed by atoms with Gasteiger partial charge in [0.05, 0.1) is 17.0 Å². The van der Waals surface area contributed by atoms with Crippen LogP contribution in [-0.4, -0.2) is 34.2 Å². The maximum absolute atomic E-state index is 12.9. The Morgan fingerprint density at radius 1 is 1.18 bits per heavy atom. The van der Waals surface area contributed by atoms with Crippen molar-refractivity contribution in [3.05, 3.63) is 76.9 Å². The Labute approximate surface area is 199 Å². The number of aromatic nitrogens is 2. The molecule has 174 valence electrons. The third kappa shape index (κ3) is 5.14. The molecular weight excluding hydrogens is 428 g/mol. The minimum absolute atomic E-state index is 0.235. The van der Waals surface area contributed by atoms with Crippen LogP contribution in [0.2, 0.25) is 0 Å². The summed E-state index contributed by atoms with van der Waals surface area (Å²) < 4.78 is 5.44. The molecule has 34 heavy (non-hydrogen) atoms. The highest BCUT2D eigenvalue weighted by Gasteiger charge is 2.22. The van der Waals surface area contributed by atoms with Crippen LogP contribution in [0.3, 0.4) is 0 Å². The summed E-state index contributed by atoms with van der Waals surface area (Å²) in [6.07, 6.45) is 5.05. The molecule has 3 heterocycles. The number of aryl methyl sites for hydroxylation is 1. The zero-order chi connectivity index (χ0) is 24.3. The zero-order valence-electron chi connectivity index (χ0n) is 19.6. The molecule has 1 amide bonds. The second-order valence-corrected chi connectivity index (χ2v) is 9.13. The number of aliphatic hydroxyl groups is 1. The average molecular weight is 457 g/mol. The van der Waals surface area contributed by atoms with E-state index in [0.717, 1.165) is 35.2 Å². The van der Waals surface area contributed by atoms with Crippen LogP contribution in [0.1, 0.15) is 65.5 Å². The number of hydrogen-bond acceptors (Lipinski definition) is 6. The third-order valence-corrected chi connectivity index (χ3v) is 6.10. The van der Waals surface area contributed by atoms with Crippen molar-refractivity contribution >= 4 is 11.6 Å². The Morgan fingerprint density at radius 3 is 2.65 bits per heavy atom. The summed E-state index contributed by atoms with van der Waals surface area (Å²) in [6.45, 7) is 6.61.